The fourth-order valence-electron chi connectivity index (χ4n) is 1.34. The second kappa shape index (κ2) is 4.04. The molecule has 1 aliphatic rings. The molecule has 0 aliphatic carbocycles. The molecule has 1 aliphatic heterocycles. The molecule has 0 saturated carbocycles. The van der Waals surface area contributed by atoms with Gasteiger partial charge in [-0.15, -0.1) is 0 Å². The molecule has 88 valence electrons. The minimum Gasteiger partial charge on any atom is -0.380 e. The summed E-state index contributed by atoms with van der Waals surface area (Å²) in [4.78, 5) is 11.7. The van der Waals surface area contributed by atoms with Gasteiger partial charge in [0.1, 0.15) is 0 Å². The Morgan fingerprint density at radius 2 is 2.20 bits per heavy atom. The first-order valence-electron chi connectivity index (χ1n) is 5.02. The number of amides is 1. The van der Waals surface area contributed by atoms with Gasteiger partial charge in [0.05, 0.1) is 18.1 Å². The fourth-order valence-corrected chi connectivity index (χ4v) is 1.34. The zero-order valence-corrected chi connectivity index (χ0v) is 9.27. The van der Waals surface area contributed by atoms with Crippen LogP contribution in [0.1, 0.15) is 27.2 Å². The van der Waals surface area contributed by atoms with E-state index in [9.17, 15) is 13.6 Å². The van der Waals surface area contributed by atoms with Crippen LogP contribution >= 0.6 is 0 Å². The Balaban J connectivity index is 2.55. The van der Waals surface area contributed by atoms with Crippen molar-refractivity contribution in [2.45, 2.75) is 39.2 Å². The third kappa shape index (κ3) is 2.87. The third-order valence-corrected chi connectivity index (χ3v) is 2.87. The van der Waals surface area contributed by atoms with Crippen LogP contribution in [0.25, 0.3) is 0 Å². The van der Waals surface area contributed by atoms with E-state index in [-0.39, 0.29) is 5.91 Å². The second-order valence-electron chi connectivity index (χ2n) is 4.51. The lowest BCUT2D eigenvalue weighted by atomic mass is 9.88. The topological polar surface area (TPSA) is 38.3 Å². The number of rotatable bonds is 3. The van der Waals surface area contributed by atoms with E-state index in [1.54, 1.807) is 6.92 Å². The standard InChI is InChI=1S/C10H17F2NO2/c1-7(10(3,11)12)13-8(14)9(2)4-5-15-6-9/h7H,4-6H2,1-3H3,(H,13,14). The van der Waals surface area contributed by atoms with E-state index in [2.05, 4.69) is 5.32 Å². The number of ether oxygens (including phenoxy) is 1. The number of hydrogen-bond acceptors (Lipinski definition) is 2. The quantitative estimate of drug-likeness (QED) is 0.785. The van der Waals surface area contributed by atoms with Crippen LogP contribution in [0.3, 0.4) is 0 Å². The largest absolute Gasteiger partial charge is 0.380 e. The molecule has 0 radical (unpaired) electrons. The van der Waals surface area contributed by atoms with Gasteiger partial charge in [0.25, 0.3) is 5.92 Å². The first-order valence-corrected chi connectivity index (χ1v) is 5.02. The molecule has 1 fully saturated rings. The second-order valence-corrected chi connectivity index (χ2v) is 4.51. The molecule has 1 amide bonds. The molecule has 15 heavy (non-hydrogen) atoms. The zero-order valence-electron chi connectivity index (χ0n) is 9.27. The van der Waals surface area contributed by atoms with Gasteiger partial charge in [-0.05, 0) is 20.3 Å². The number of hydrogen-bond donors (Lipinski definition) is 1. The van der Waals surface area contributed by atoms with Crippen LogP contribution in [0.2, 0.25) is 0 Å². The average molecular weight is 221 g/mol. The van der Waals surface area contributed by atoms with Crippen molar-refractivity contribution in [3.8, 4) is 0 Å². The molecular formula is C10H17F2NO2. The summed E-state index contributed by atoms with van der Waals surface area (Å²) in [5, 5.41) is 2.33. The molecule has 0 aromatic carbocycles. The molecule has 1 saturated heterocycles. The number of nitrogens with one attached hydrogen (secondary N) is 1. The van der Waals surface area contributed by atoms with Crippen molar-refractivity contribution in [1.82, 2.24) is 5.32 Å². The van der Waals surface area contributed by atoms with Crippen molar-refractivity contribution in [3.63, 3.8) is 0 Å². The summed E-state index contributed by atoms with van der Waals surface area (Å²) < 4.78 is 30.8. The van der Waals surface area contributed by atoms with Gasteiger partial charge in [0, 0.05) is 13.5 Å². The molecule has 2 atom stereocenters. The lowest BCUT2D eigenvalue weighted by molar-refractivity contribution is -0.133. The van der Waals surface area contributed by atoms with Crippen LogP contribution in [0.5, 0.6) is 0 Å². The Labute approximate surface area is 88.2 Å². The molecule has 0 aromatic heterocycles. The number of alkyl halides is 2. The van der Waals surface area contributed by atoms with Crippen molar-refractivity contribution in [2.24, 2.45) is 5.41 Å². The summed E-state index contributed by atoms with van der Waals surface area (Å²) in [6, 6.07) is -1.15. The molecular weight excluding hydrogens is 204 g/mol. The van der Waals surface area contributed by atoms with Gasteiger partial charge in [0.15, 0.2) is 0 Å². The van der Waals surface area contributed by atoms with Gasteiger partial charge < -0.3 is 10.1 Å². The Morgan fingerprint density at radius 1 is 1.60 bits per heavy atom. The van der Waals surface area contributed by atoms with Gasteiger partial charge >= 0.3 is 0 Å². The van der Waals surface area contributed by atoms with Crippen molar-refractivity contribution in [2.75, 3.05) is 13.2 Å². The molecule has 0 spiro atoms. The van der Waals surface area contributed by atoms with Crippen molar-refractivity contribution in [1.29, 1.82) is 0 Å². The Morgan fingerprint density at radius 3 is 2.60 bits per heavy atom. The first kappa shape index (κ1) is 12.4. The average Bonchev–Trinajstić information content (AvgIpc) is 2.51. The van der Waals surface area contributed by atoms with E-state index >= 15 is 0 Å². The maximum Gasteiger partial charge on any atom is 0.264 e. The summed E-state index contributed by atoms with van der Waals surface area (Å²) >= 11 is 0. The minimum atomic E-state index is -2.90. The van der Waals surface area contributed by atoms with E-state index in [1.807, 2.05) is 0 Å². The molecule has 3 nitrogen and oxygen atoms in total. The predicted octanol–water partition coefficient (Wildman–Crippen LogP) is 1.57. The van der Waals surface area contributed by atoms with Gasteiger partial charge in [-0.3, -0.25) is 4.79 Å². The number of carbonyl (C=O) groups excluding carboxylic acids is 1. The molecule has 1 heterocycles. The van der Waals surface area contributed by atoms with Crippen molar-refractivity contribution >= 4 is 5.91 Å². The van der Waals surface area contributed by atoms with E-state index in [0.29, 0.717) is 19.6 Å². The highest BCUT2D eigenvalue weighted by Gasteiger charge is 2.40. The molecule has 1 N–H and O–H groups in total. The highest BCUT2D eigenvalue weighted by Crippen LogP contribution is 2.28. The zero-order chi connectivity index (χ0) is 11.7. The number of carbonyl (C=O) groups is 1. The van der Waals surface area contributed by atoms with E-state index in [0.717, 1.165) is 6.92 Å². The molecule has 2 unspecified atom stereocenters. The molecule has 1 rings (SSSR count). The van der Waals surface area contributed by atoms with Crippen LogP contribution < -0.4 is 5.32 Å². The van der Waals surface area contributed by atoms with E-state index in [4.69, 9.17) is 4.74 Å². The van der Waals surface area contributed by atoms with Crippen LogP contribution in [0, 0.1) is 5.41 Å². The molecule has 0 aromatic rings. The highest BCUT2D eigenvalue weighted by atomic mass is 19.3. The summed E-state index contributed by atoms with van der Waals surface area (Å²) in [5.74, 6) is -3.25. The maximum absolute atomic E-state index is 12.8. The van der Waals surface area contributed by atoms with Gasteiger partial charge in [-0.25, -0.2) is 8.78 Å². The smallest absolute Gasteiger partial charge is 0.264 e. The lowest BCUT2D eigenvalue weighted by Gasteiger charge is -2.26. The van der Waals surface area contributed by atoms with Gasteiger partial charge in [-0.1, -0.05) is 0 Å². The summed E-state index contributed by atoms with van der Waals surface area (Å²) in [7, 11) is 0. The summed E-state index contributed by atoms with van der Waals surface area (Å²) in [6.07, 6.45) is 0.584. The first-order chi connectivity index (χ1) is 6.76. The van der Waals surface area contributed by atoms with Crippen molar-refractivity contribution < 1.29 is 18.3 Å². The fraction of sp³-hybridized carbons (Fsp3) is 0.900. The number of halogens is 2. The third-order valence-electron chi connectivity index (χ3n) is 2.87. The van der Waals surface area contributed by atoms with Crippen molar-refractivity contribution in [3.05, 3.63) is 0 Å². The van der Waals surface area contributed by atoms with E-state index < -0.39 is 17.4 Å². The SMILES string of the molecule is CC(NC(=O)C1(C)CCOC1)C(C)(F)F. The van der Waals surface area contributed by atoms with Crippen LogP contribution in [-0.4, -0.2) is 31.1 Å². The minimum absolute atomic E-state index is 0.306. The maximum atomic E-state index is 12.8. The monoisotopic (exact) mass is 221 g/mol. The molecule has 0 bridgehead atoms. The lowest BCUT2D eigenvalue weighted by Crippen LogP contribution is -2.49. The Hall–Kier alpha value is -0.710. The molecule has 5 heteroatoms. The van der Waals surface area contributed by atoms with E-state index in [1.165, 1.54) is 6.92 Å². The summed E-state index contributed by atoms with van der Waals surface area (Å²) in [5.41, 5.74) is -0.653. The van der Waals surface area contributed by atoms with Crippen LogP contribution in [0.15, 0.2) is 0 Å². The Kier molecular flexibility index (Phi) is 3.33. The highest BCUT2D eigenvalue weighted by molar-refractivity contribution is 5.83. The van der Waals surface area contributed by atoms with Crippen LogP contribution in [-0.2, 0) is 9.53 Å². The normalized spacial score (nSPS) is 28.9. The van der Waals surface area contributed by atoms with Gasteiger partial charge in [-0.2, -0.15) is 0 Å². The van der Waals surface area contributed by atoms with Gasteiger partial charge in [0.2, 0.25) is 5.91 Å². The predicted molar refractivity (Wildman–Crippen MR) is 51.8 cm³/mol. The van der Waals surface area contributed by atoms with Crippen LogP contribution in [0.4, 0.5) is 8.78 Å². The summed E-state index contributed by atoms with van der Waals surface area (Å²) in [6.45, 7) is 4.65. The Bertz CT molecular complexity index is 244.